The first-order chi connectivity index (χ1) is 9.19. The second kappa shape index (κ2) is 4.93. The number of rotatable bonds is 1. The highest BCUT2D eigenvalue weighted by molar-refractivity contribution is 5.89. The second-order valence-electron chi connectivity index (χ2n) is 5.41. The van der Waals surface area contributed by atoms with E-state index < -0.39 is 5.97 Å². The zero-order valence-electron chi connectivity index (χ0n) is 11.1. The van der Waals surface area contributed by atoms with Crippen molar-refractivity contribution in [2.24, 2.45) is 0 Å². The highest BCUT2D eigenvalue weighted by Gasteiger charge is 2.30. The Kier molecular flexibility index (Phi) is 3.27. The fourth-order valence-corrected chi connectivity index (χ4v) is 3.24. The lowest BCUT2D eigenvalue weighted by atomic mass is 9.87. The first-order valence-corrected chi connectivity index (χ1v) is 6.82. The SMILES string of the molecule is COC(=O)c1cc(F)c2c(c1)CC1CCCCN1C2. The summed E-state index contributed by atoms with van der Waals surface area (Å²) in [6.07, 6.45) is 4.46. The zero-order chi connectivity index (χ0) is 13.4. The molecule has 0 saturated carbocycles. The van der Waals surface area contributed by atoms with Crippen LogP contribution in [0.3, 0.4) is 0 Å². The molecule has 0 aliphatic carbocycles. The zero-order valence-corrected chi connectivity index (χ0v) is 11.1. The van der Waals surface area contributed by atoms with Crippen LogP contribution in [-0.2, 0) is 17.7 Å². The van der Waals surface area contributed by atoms with Crippen molar-refractivity contribution in [1.82, 2.24) is 4.90 Å². The third kappa shape index (κ3) is 2.25. The fourth-order valence-electron chi connectivity index (χ4n) is 3.24. The van der Waals surface area contributed by atoms with E-state index in [0.717, 1.165) is 24.1 Å². The van der Waals surface area contributed by atoms with Crippen molar-refractivity contribution in [1.29, 1.82) is 0 Å². The maximum absolute atomic E-state index is 14.2. The summed E-state index contributed by atoms with van der Waals surface area (Å²) in [6.45, 7) is 1.73. The smallest absolute Gasteiger partial charge is 0.337 e. The summed E-state index contributed by atoms with van der Waals surface area (Å²) >= 11 is 0. The molecule has 102 valence electrons. The molecule has 1 aromatic rings. The van der Waals surface area contributed by atoms with E-state index in [-0.39, 0.29) is 5.82 Å². The van der Waals surface area contributed by atoms with E-state index in [0.29, 0.717) is 18.2 Å². The molecular weight excluding hydrogens is 245 g/mol. The number of benzene rings is 1. The first-order valence-electron chi connectivity index (χ1n) is 6.82. The number of carbonyl (C=O) groups is 1. The predicted octanol–water partition coefficient (Wildman–Crippen LogP) is 2.52. The summed E-state index contributed by atoms with van der Waals surface area (Å²) in [5.41, 5.74) is 2.05. The van der Waals surface area contributed by atoms with E-state index in [4.69, 9.17) is 0 Å². The molecule has 0 N–H and O–H groups in total. The van der Waals surface area contributed by atoms with Gasteiger partial charge in [-0.3, -0.25) is 4.90 Å². The van der Waals surface area contributed by atoms with Crippen LogP contribution in [-0.4, -0.2) is 30.6 Å². The Morgan fingerprint density at radius 2 is 2.26 bits per heavy atom. The number of hydrogen-bond donors (Lipinski definition) is 0. The van der Waals surface area contributed by atoms with Gasteiger partial charge < -0.3 is 4.74 Å². The van der Waals surface area contributed by atoms with E-state index in [1.54, 1.807) is 6.07 Å². The average Bonchev–Trinajstić information content (AvgIpc) is 2.44. The van der Waals surface area contributed by atoms with Gasteiger partial charge in [0.05, 0.1) is 12.7 Å². The van der Waals surface area contributed by atoms with Crippen molar-refractivity contribution in [2.75, 3.05) is 13.7 Å². The summed E-state index contributed by atoms with van der Waals surface area (Å²) in [6, 6.07) is 3.61. The van der Waals surface area contributed by atoms with Crippen LogP contribution in [0.2, 0.25) is 0 Å². The van der Waals surface area contributed by atoms with Gasteiger partial charge in [-0.1, -0.05) is 6.42 Å². The molecule has 2 aliphatic heterocycles. The van der Waals surface area contributed by atoms with Crippen molar-refractivity contribution in [3.8, 4) is 0 Å². The van der Waals surface area contributed by atoms with Crippen LogP contribution in [0.1, 0.15) is 40.7 Å². The molecule has 0 bridgehead atoms. The minimum Gasteiger partial charge on any atom is -0.465 e. The van der Waals surface area contributed by atoms with Gasteiger partial charge in [0.25, 0.3) is 0 Å². The lowest BCUT2D eigenvalue weighted by Gasteiger charge is -2.40. The monoisotopic (exact) mass is 263 g/mol. The number of esters is 1. The molecule has 0 spiro atoms. The largest absolute Gasteiger partial charge is 0.465 e. The first kappa shape index (κ1) is 12.6. The van der Waals surface area contributed by atoms with Crippen LogP contribution >= 0.6 is 0 Å². The van der Waals surface area contributed by atoms with Gasteiger partial charge in [0.15, 0.2) is 0 Å². The summed E-state index contributed by atoms with van der Waals surface area (Å²) in [5.74, 6) is -0.741. The van der Waals surface area contributed by atoms with E-state index in [1.807, 2.05) is 0 Å². The molecule has 1 unspecified atom stereocenters. The normalized spacial score (nSPS) is 22.5. The molecule has 0 aromatic heterocycles. The van der Waals surface area contributed by atoms with Gasteiger partial charge in [0, 0.05) is 18.2 Å². The molecule has 4 heteroatoms. The molecule has 1 aromatic carbocycles. The number of fused-ring (bicyclic) bond motifs is 2. The van der Waals surface area contributed by atoms with Crippen LogP contribution in [0.5, 0.6) is 0 Å². The number of methoxy groups -OCH3 is 1. The van der Waals surface area contributed by atoms with Crippen LogP contribution in [0, 0.1) is 5.82 Å². The van der Waals surface area contributed by atoms with Crippen molar-refractivity contribution in [3.05, 3.63) is 34.6 Å². The number of piperidine rings is 1. The number of carbonyl (C=O) groups excluding carboxylic acids is 1. The molecule has 3 rings (SSSR count). The molecular formula is C15H18FNO2. The summed E-state index contributed by atoms with van der Waals surface area (Å²) in [7, 11) is 1.32. The third-order valence-corrected chi connectivity index (χ3v) is 4.27. The standard InChI is InChI=1S/C15H18FNO2/c1-19-15(18)11-6-10-7-12-4-2-3-5-17(12)9-13(10)14(16)8-11/h6,8,12H,2-5,7,9H2,1H3. The van der Waals surface area contributed by atoms with E-state index in [2.05, 4.69) is 9.64 Å². The van der Waals surface area contributed by atoms with E-state index in [9.17, 15) is 9.18 Å². The van der Waals surface area contributed by atoms with Gasteiger partial charge in [0.2, 0.25) is 0 Å². The molecule has 1 atom stereocenters. The van der Waals surface area contributed by atoms with E-state index >= 15 is 0 Å². The van der Waals surface area contributed by atoms with Crippen molar-refractivity contribution in [2.45, 2.75) is 38.3 Å². The topological polar surface area (TPSA) is 29.5 Å². The van der Waals surface area contributed by atoms with Crippen molar-refractivity contribution in [3.63, 3.8) is 0 Å². The summed E-state index contributed by atoms with van der Waals surface area (Å²) in [5, 5.41) is 0. The summed E-state index contributed by atoms with van der Waals surface area (Å²) < 4.78 is 18.8. The molecule has 3 nitrogen and oxygen atoms in total. The number of halogens is 1. The Labute approximate surface area is 112 Å². The molecule has 19 heavy (non-hydrogen) atoms. The molecule has 1 saturated heterocycles. The Morgan fingerprint density at radius 3 is 3.05 bits per heavy atom. The Bertz CT molecular complexity index is 515. The average molecular weight is 263 g/mol. The second-order valence-corrected chi connectivity index (χ2v) is 5.41. The number of hydrogen-bond acceptors (Lipinski definition) is 3. The van der Waals surface area contributed by atoms with E-state index in [1.165, 1.54) is 32.4 Å². The van der Waals surface area contributed by atoms with Crippen LogP contribution < -0.4 is 0 Å². The van der Waals surface area contributed by atoms with Gasteiger partial charge in [-0.05, 0) is 43.5 Å². The van der Waals surface area contributed by atoms with Crippen molar-refractivity contribution >= 4 is 5.97 Å². The van der Waals surface area contributed by atoms with Crippen molar-refractivity contribution < 1.29 is 13.9 Å². The van der Waals surface area contributed by atoms with Gasteiger partial charge in [-0.15, -0.1) is 0 Å². The molecule has 0 amide bonds. The molecule has 2 heterocycles. The lowest BCUT2D eigenvalue weighted by Crippen LogP contribution is -2.43. The highest BCUT2D eigenvalue weighted by Crippen LogP contribution is 2.31. The molecule has 1 fully saturated rings. The Hall–Kier alpha value is -1.42. The maximum atomic E-state index is 14.2. The van der Waals surface area contributed by atoms with Crippen LogP contribution in [0.4, 0.5) is 4.39 Å². The quantitative estimate of drug-likeness (QED) is 0.729. The van der Waals surface area contributed by atoms with Gasteiger partial charge in [0.1, 0.15) is 5.82 Å². The highest BCUT2D eigenvalue weighted by atomic mass is 19.1. The van der Waals surface area contributed by atoms with Gasteiger partial charge in [-0.25, -0.2) is 9.18 Å². The fraction of sp³-hybridized carbons (Fsp3) is 0.533. The van der Waals surface area contributed by atoms with Crippen LogP contribution in [0.25, 0.3) is 0 Å². The lowest BCUT2D eigenvalue weighted by molar-refractivity contribution is 0.0599. The maximum Gasteiger partial charge on any atom is 0.337 e. The minimum absolute atomic E-state index is 0.276. The number of ether oxygens (including phenoxy) is 1. The number of nitrogens with zero attached hydrogens (tertiary/aromatic N) is 1. The van der Waals surface area contributed by atoms with Gasteiger partial charge >= 0.3 is 5.97 Å². The van der Waals surface area contributed by atoms with Gasteiger partial charge in [-0.2, -0.15) is 0 Å². The third-order valence-electron chi connectivity index (χ3n) is 4.27. The Morgan fingerprint density at radius 1 is 1.42 bits per heavy atom. The Balaban J connectivity index is 1.96. The molecule has 0 radical (unpaired) electrons. The minimum atomic E-state index is -0.465. The predicted molar refractivity (Wildman–Crippen MR) is 69.5 cm³/mol. The molecule has 2 aliphatic rings. The summed E-state index contributed by atoms with van der Waals surface area (Å²) in [4.78, 5) is 13.9. The van der Waals surface area contributed by atoms with Crippen LogP contribution in [0.15, 0.2) is 12.1 Å².